The van der Waals surface area contributed by atoms with Crippen molar-refractivity contribution in [3.05, 3.63) is 47.5 Å². The zero-order chi connectivity index (χ0) is 16.8. The molecular weight excluding hydrogens is 328 g/mol. The summed E-state index contributed by atoms with van der Waals surface area (Å²) in [7, 11) is 1.37. The maximum absolute atomic E-state index is 12.5. The van der Waals surface area contributed by atoms with Gasteiger partial charge in [0, 0.05) is 10.3 Å². The quantitative estimate of drug-likeness (QED) is 0.789. The van der Waals surface area contributed by atoms with Crippen LogP contribution < -0.4 is 0 Å². The van der Waals surface area contributed by atoms with E-state index in [1.165, 1.54) is 7.11 Å². The lowest BCUT2D eigenvalue weighted by Crippen LogP contribution is -2.30. The van der Waals surface area contributed by atoms with Gasteiger partial charge in [-0.1, -0.05) is 18.2 Å². The molecule has 1 aromatic carbocycles. The van der Waals surface area contributed by atoms with Crippen molar-refractivity contribution in [2.24, 2.45) is 0 Å². The van der Waals surface area contributed by atoms with Gasteiger partial charge >= 0.3 is 5.97 Å². The molecule has 0 fully saturated rings. The number of hydroxylamine groups is 2. The first-order chi connectivity index (χ1) is 11.6. The molecule has 3 aromatic rings. The molecule has 0 saturated heterocycles. The van der Waals surface area contributed by atoms with E-state index in [-0.39, 0.29) is 12.3 Å². The molecule has 0 spiro atoms. The number of hydrogen-bond acceptors (Lipinski definition) is 4. The lowest BCUT2D eigenvalue weighted by atomic mass is 10.1. The summed E-state index contributed by atoms with van der Waals surface area (Å²) in [4.78, 5) is 30.0. The van der Waals surface area contributed by atoms with Crippen LogP contribution >= 0.6 is 11.3 Å². The topological polar surface area (TPSA) is 71.8 Å². The Bertz CT molecular complexity index is 945. The van der Waals surface area contributed by atoms with Gasteiger partial charge in [0.2, 0.25) is 0 Å². The van der Waals surface area contributed by atoms with Crippen molar-refractivity contribution in [1.29, 1.82) is 0 Å². The molecule has 0 saturated carbocycles. The zero-order valence-electron chi connectivity index (χ0n) is 12.8. The first-order valence-corrected chi connectivity index (χ1v) is 8.26. The van der Waals surface area contributed by atoms with Crippen molar-refractivity contribution in [3.8, 4) is 10.4 Å². The molecule has 1 aliphatic rings. The Labute approximate surface area is 141 Å². The molecule has 1 atom stereocenters. The second kappa shape index (κ2) is 5.47. The van der Waals surface area contributed by atoms with E-state index >= 15 is 0 Å². The van der Waals surface area contributed by atoms with Gasteiger partial charge in [0.15, 0.2) is 0 Å². The minimum atomic E-state index is -0.987. The van der Waals surface area contributed by atoms with E-state index in [2.05, 4.69) is 0 Å². The third-order valence-electron chi connectivity index (χ3n) is 4.19. The molecule has 1 unspecified atom stereocenters. The predicted octanol–water partition coefficient (Wildman–Crippen LogP) is 3.36. The number of carbonyl (C=O) groups is 2. The Morgan fingerprint density at radius 3 is 2.83 bits per heavy atom. The smallest absolute Gasteiger partial charge is 0.307 e. The van der Waals surface area contributed by atoms with Crippen molar-refractivity contribution in [2.75, 3.05) is 7.11 Å². The van der Waals surface area contributed by atoms with E-state index in [9.17, 15) is 14.7 Å². The van der Waals surface area contributed by atoms with Gasteiger partial charge in [-0.15, -0.1) is 11.3 Å². The van der Waals surface area contributed by atoms with Crippen molar-refractivity contribution in [3.63, 3.8) is 0 Å². The number of nitrogens with zero attached hydrogens (tertiary/aromatic N) is 2. The van der Waals surface area contributed by atoms with Gasteiger partial charge in [-0.05, 0) is 29.1 Å². The SMILES string of the molecule is CON1C(=O)c2cc3ccc(-c4cccs4)cc3n2C1CC(=O)O. The van der Waals surface area contributed by atoms with Crippen LogP contribution in [0.1, 0.15) is 23.1 Å². The van der Waals surface area contributed by atoms with Crippen LogP contribution in [0.25, 0.3) is 21.3 Å². The number of hydrogen-bond donors (Lipinski definition) is 1. The zero-order valence-corrected chi connectivity index (χ0v) is 13.6. The number of aromatic nitrogens is 1. The predicted molar refractivity (Wildman–Crippen MR) is 89.7 cm³/mol. The van der Waals surface area contributed by atoms with Gasteiger partial charge in [-0.25, -0.2) is 0 Å². The second-order valence-electron chi connectivity index (χ2n) is 5.54. The first-order valence-electron chi connectivity index (χ1n) is 7.38. The maximum Gasteiger partial charge on any atom is 0.307 e. The fourth-order valence-corrected chi connectivity index (χ4v) is 3.91. The number of carboxylic acids is 1. The van der Waals surface area contributed by atoms with Gasteiger partial charge in [0.25, 0.3) is 5.91 Å². The van der Waals surface area contributed by atoms with Crippen molar-refractivity contribution < 1.29 is 19.5 Å². The molecular formula is C17H14N2O4S. The Morgan fingerprint density at radius 1 is 1.33 bits per heavy atom. The Hall–Kier alpha value is -2.64. The fraction of sp³-hybridized carbons (Fsp3) is 0.176. The lowest BCUT2D eigenvalue weighted by Gasteiger charge is -2.22. The molecule has 6 nitrogen and oxygen atoms in total. The number of carboxylic acid groups (broad SMARTS) is 1. The number of aliphatic carboxylic acids is 1. The van der Waals surface area contributed by atoms with Crippen LogP contribution in [0, 0.1) is 0 Å². The number of benzene rings is 1. The van der Waals surface area contributed by atoms with Crippen LogP contribution in [-0.2, 0) is 9.63 Å². The second-order valence-corrected chi connectivity index (χ2v) is 6.49. The van der Waals surface area contributed by atoms with Crippen molar-refractivity contribution in [2.45, 2.75) is 12.6 Å². The minimum Gasteiger partial charge on any atom is -0.481 e. The first kappa shape index (κ1) is 14.9. The van der Waals surface area contributed by atoms with Crippen molar-refractivity contribution in [1.82, 2.24) is 9.63 Å². The van der Waals surface area contributed by atoms with Gasteiger partial charge in [0.1, 0.15) is 11.9 Å². The summed E-state index contributed by atoms with van der Waals surface area (Å²) in [6.45, 7) is 0. The summed E-state index contributed by atoms with van der Waals surface area (Å²) in [6, 6.07) is 11.7. The highest BCUT2D eigenvalue weighted by Gasteiger charge is 2.39. The summed E-state index contributed by atoms with van der Waals surface area (Å²) in [6.07, 6.45) is -0.911. The monoisotopic (exact) mass is 342 g/mol. The largest absolute Gasteiger partial charge is 0.481 e. The van der Waals surface area contributed by atoms with Crippen LogP contribution in [-0.4, -0.2) is 33.7 Å². The highest BCUT2D eigenvalue weighted by Crippen LogP contribution is 2.37. The number of thiophene rings is 1. The van der Waals surface area contributed by atoms with Crippen LogP contribution in [0.5, 0.6) is 0 Å². The average molecular weight is 342 g/mol. The highest BCUT2D eigenvalue weighted by atomic mass is 32.1. The minimum absolute atomic E-state index is 0.223. The van der Waals surface area contributed by atoms with Gasteiger partial charge < -0.3 is 9.67 Å². The fourth-order valence-electron chi connectivity index (χ4n) is 3.19. The highest BCUT2D eigenvalue weighted by molar-refractivity contribution is 7.13. The van der Waals surface area contributed by atoms with Crippen LogP contribution in [0.15, 0.2) is 41.8 Å². The summed E-state index contributed by atoms with van der Waals surface area (Å²) in [5.41, 5.74) is 2.31. The van der Waals surface area contributed by atoms with Crippen LogP contribution in [0.4, 0.5) is 0 Å². The van der Waals surface area contributed by atoms with E-state index < -0.39 is 12.1 Å². The number of fused-ring (bicyclic) bond motifs is 3. The molecule has 0 radical (unpaired) electrons. The number of rotatable bonds is 4. The third-order valence-corrected chi connectivity index (χ3v) is 5.11. The number of carbonyl (C=O) groups excluding carboxylic acids is 1. The molecule has 0 aliphatic carbocycles. The van der Waals surface area contributed by atoms with E-state index in [0.717, 1.165) is 26.4 Å². The number of amides is 1. The van der Waals surface area contributed by atoms with E-state index in [0.29, 0.717) is 5.69 Å². The molecule has 1 N–H and O–H groups in total. The van der Waals surface area contributed by atoms with Gasteiger partial charge in [-0.3, -0.25) is 14.4 Å². The van der Waals surface area contributed by atoms with Crippen molar-refractivity contribution >= 4 is 34.1 Å². The van der Waals surface area contributed by atoms with Gasteiger partial charge in [0.05, 0.1) is 19.0 Å². The standard InChI is InChI=1S/C17H14N2O4S/c1-23-19-15(9-16(20)21)18-12-8-11(14-3-2-6-24-14)5-4-10(12)7-13(18)17(19)22/h2-8,15H,9H2,1H3,(H,20,21). The molecule has 1 aliphatic heterocycles. The summed E-state index contributed by atoms with van der Waals surface area (Å²) < 4.78 is 1.76. The average Bonchev–Trinajstić information content (AvgIpc) is 3.25. The summed E-state index contributed by atoms with van der Waals surface area (Å²) >= 11 is 1.63. The molecule has 1 amide bonds. The third kappa shape index (κ3) is 2.13. The Kier molecular flexibility index (Phi) is 3.40. The lowest BCUT2D eigenvalue weighted by molar-refractivity contribution is -0.153. The molecule has 122 valence electrons. The van der Waals surface area contributed by atoms with Gasteiger partial charge in [-0.2, -0.15) is 5.06 Å². The van der Waals surface area contributed by atoms with Crippen LogP contribution in [0.2, 0.25) is 0 Å². The van der Waals surface area contributed by atoms with E-state index in [1.54, 1.807) is 22.0 Å². The Morgan fingerprint density at radius 2 is 2.17 bits per heavy atom. The normalized spacial score (nSPS) is 16.8. The molecule has 2 aromatic heterocycles. The molecule has 24 heavy (non-hydrogen) atoms. The summed E-state index contributed by atoms with van der Waals surface area (Å²) in [5.74, 6) is -1.31. The van der Waals surface area contributed by atoms with E-state index in [4.69, 9.17) is 4.84 Å². The molecule has 4 rings (SSSR count). The molecule has 3 heterocycles. The van der Waals surface area contributed by atoms with E-state index in [1.807, 2.05) is 35.7 Å². The summed E-state index contributed by atoms with van der Waals surface area (Å²) in [5, 5.41) is 13.2. The molecule has 7 heteroatoms. The Balaban J connectivity index is 1.91. The van der Waals surface area contributed by atoms with Crippen LogP contribution in [0.3, 0.4) is 0 Å². The maximum atomic E-state index is 12.5. The molecule has 0 bridgehead atoms.